The number of pyridine rings is 1. The molecule has 0 aliphatic carbocycles. The molecule has 162 valence electrons. The molecule has 0 saturated heterocycles. The first-order valence-corrected chi connectivity index (χ1v) is 10.3. The minimum Gasteiger partial charge on any atom is -0.478 e. The van der Waals surface area contributed by atoms with E-state index in [4.69, 9.17) is 10.2 Å². The molecule has 2 heterocycles. The molecule has 0 aliphatic rings. The molecule has 3 N–H and O–H groups in total. The summed E-state index contributed by atoms with van der Waals surface area (Å²) < 4.78 is 27.0. The van der Waals surface area contributed by atoms with E-state index in [1.807, 2.05) is 30.3 Å². The van der Waals surface area contributed by atoms with Crippen molar-refractivity contribution in [2.75, 3.05) is 7.05 Å². The standard InChI is InChI=1S/C16H16N4O2S.C4H4O4/c1-17-10-14-12-20(16(19-14)13-6-3-2-4-7-13)23(21,22)15-8-5-9-18-11-15;5-3(6)1-2-4(7)8/h2-9,11-12,17H,10H2,1H3;1-2H,(H,5,6)(H,7,8)/b;2-1+. The molecule has 3 aromatic rings. The molecule has 1 aromatic carbocycles. The van der Waals surface area contributed by atoms with E-state index in [-0.39, 0.29) is 4.90 Å². The van der Waals surface area contributed by atoms with Gasteiger partial charge in [-0.15, -0.1) is 0 Å². The SMILES string of the molecule is CNCc1cn(S(=O)(=O)c2cccnc2)c(-c2ccccc2)n1.O=C(O)/C=C/C(=O)O. The Morgan fingerprint density at radius 2 is 1.71 bits per heavy atom. The number of rotatable bonds is 7. The van der Waals surface area contributed by atoms with Gasteiger partial charge in [0.05, 0.1) is 5.69 Å². The molecule has 0 amide bonds. The Morgan fingerprint density at radius 3 is 2.23 bits per heavy atom. The van der Waals surface area contributed by atoms with Crippen LogP contribution in [-0.4, -0.2) is 51.6 Å². The van der Waals surface area contributed by atoms with Gasteiger partial charge in [0.25, 0.3) is 10.0 Å². The van der Waals surface area contributed by atoms with Crippen molar-refractivity contribution in [1.82, 2.24) is 19.3 Å². The monoisotopic (exact) mass is 444 g/mol. The van der Waals surface area contributed by atoms with Crippen molar-refractivity contribution < 1.29 is 28.2 Å². The Kier molecular flexibility index (Phi) is 8.17. The van der Waals surface area contributed by atoms with Crippen LogP contribution in [0.15, 0.2) is 78.1 Å². The second-order valence-corrected chi connectivity index (χ2v) is 7.77. The Balaban J connectivity index is 0.000000366. The number of nitrogens with zero attached hydrogens (tertiary/aromatic N) is 3. The summed E-state index contributed by atoms with van der Waals surface area (Å²) in [6, 6.07) is 12.4. The number of imidazole rings is 1. The average Bonchev–Trinajstić information content (AvgIpc) is 3.19. The topological polar surface area (TPSA) is 151 Å². The normalized spacial score (nSPS) is 11.0. The molecule has 0 unspecified atom stereocenters. The third-order valence-corrected chi connectivity index (χ3v) is 5.31. The van der Waals surface area contributed by atoms with Gasteiger partial charge >= 0.3 is 11.9 Å². The maximum Gasteiger partial charge on any atom is 0.328 e. The van der Waals surface area contributed by atoms with Crippen LogP contribution in [-0.2, 0) is 26.2 Å². The first kappa shape index (κ1) is 23.4. The Hall–Kier alpha value is -3.83. The summed E-state index contributed by atoms with van der Waals surface area (Å²) in [6.45, 7) is 0.482. The Bertz CT molecular complexity index is 1140. The minimum atomic E-state index is -3.75. The van der Waals surface area contributed by atoms with Crippen molar-refractivity contribution in [1.29, 1.82) is 0 Å². The number of benzene rings is 1. The molecule has 0 bridgehead atoms. The summed E-state index contributed by atoms with van der Waals surface area (Å²) in [7, 11) is -1.96. The van der Waals surface area contributed by atoms with E-state index < -0.39 is 22.0 Å². The van der Waals surface area contributed by atoms with Crippen molar-refractivity contribution in [3.63, 3.8) is 0 Å². The fourth-order valence-corrected chi connectivity index (χ4v) is 3.70. The lowest BCUT2D eigenvalue weighted by Crippen LogP contribution is -2.13. The van der Waals surface area contributed by atoms with Gasteiger partial charge < -0.3 is 15.5 Å². The quantitative estimate of drug-likeness (QED) is 0.462. The third-order valence-electron chi connectivity index (χ3n) is 3.67. The molecular weight excluding hydrogens is 424 g/mol. The third kappa shape index (κ3) is 6.59. The predicted octanol–water partition coefficient (Wildman–Crippen LogP) is 1.61. The molecular formula is C20H20N4O6S. The fourth-order valence-electron chi connectivity index (χ4n) is 2.40. The number of hydrogen-bond acceptors (Lipinski definition) is 7. The fraction of sp³-hybridized carbons (Fsp3) is 0.100. The van der Waals surface area contributed by atoms with Crippen LogP contribution in [0.2, 0.25) is 0 Å². The van der Waals surface area contributed by atoms with E-state index in [0.717, 1.165) is 5.56 Å². The van der Waals surface area contributed by atoms with Crippen molar-refractivity contribution in [2.45, 2.75) is 11.4 Å². The smallest absolute Gasteiger partial charge is 0.328 e. The van der Waals surface area contributed by atoms with Crippen LogP contribution >= 0.6 is 0 Å². The van der Waals surface area contributed by atoms with Crippen LogP contribution in [0.5, 0.6) is 0 Å². The largest absolute Gasteiger partial charge is 0.478 e. The van der Waals surface area contributed by atoms with Gasteiger partial charge in [-0.3, -0.25) is 4.98 Å². The van der Waals surface area contributed by atoms with Crippen molar-refractivity contribution in [2.24, 2.45) is 0 Å². The van der Waals surface area contributed by atoms with Crippen molar-refractivity contribution >= 4 is 22.0 Å². The summed E-state index contributed by atoms with van der Waals surface area (Å²) in [5, 5.41) is 18.6. The van der Waals surface area contributed by atoms with Crippen LogP contribution in [0.3, 0.4) is 0 Å². The molecule has 0 radical (unpaired) electrons. The number of nitrogens with one attached hydrogen (secondary N) is 1. The molecule has 0 saturated carbocycles. The van der Waals surface area contributed by atoms with Crippen LogP contribution in [0, 0.1) is 0 Å². The van der Waals surface area contributed by atoms with Crippen LogP contribution < -0.4 is 5.32 Å². The lowest BCUT2D eigenvalue weighted by atomic mass is 10.2. The highest BCUT2D eigenvalue weighted by molar-refractivity contribution is 7.90. The summed E-state index contributed by atoms with van der Waals surface area (Å²) in [4.78, 5) is 27.6. The lowest BCUT2D eigenvalue weighted by molar-refractivity contribution is -0.134. The van der Waals surface area contributed by atoms with Gasteiger partial charge in [0.15, 0.2) is 5.82 Å². The maximum atomic E-state index is 12.9. The molecule has 31 heavy (non-hydrogen) atoms. The van der Waals surface area contributed by atoms with Crippen molar-refractivity contribution in [3.8, 4) is 11.4 Å². The van der Waals surface area contributed by atoms with Crippen LogP contribution in [0.25, 0.3) is 11.4 Å². The molecule has 0 spiro atoms. The van der Waals surface area contributed by atoms with E-state index in [1.54, 1.807) is 19.3 Å². The lowest BCUT2D eigenvalue weighted by Gasteiger charge is -2.08. The highest BCUT2D eigenvalue weighted by Crippen LogP contribution is 2.24. The number of aromatic nitrogens is 3. The second-order valence-electron chi connectivity index (χ2n) is 5.95. The van der Waals surface area contributed by atoms with E-state index in [2.05, 4.69) is 15.3 Å². The zero-order valence-electron chi connectivity index (χ0n) is 16.4. The molecule has 0 atom stereocenters. The van der Waals surface area contributed by atoms with Gasteiger partial charge in [0.2, 0.25) is 0 Å². The molecule has 3 rings (SSSR count). The van der Waals surface area contributed by atoms with E-state index >= 15 is 0 Å². The van der Waals surface area contributed by atoms with Gasteiger partial charge in [-0.2, -0.15) is 0 Å². The summed E-state index contributed by atoms with van der Waals surface area (Å²) >= 11 is 0. The molecule has 0 fully saturated rings. The predicted molar refractivity (Wildman–Crippen MR) is 112 cm³/mol. The number of hydrogen-bond donors (Lipinski definition) is 3. The van der Waals surface area contributed by atoms with Crippen LogP contribution in [0.1, 0.15) is 5.69 Å². The zero-order valence-corrected chi connectivity index (χ0v) is 17.2. The van der Waals surface area contributed by atoms with Gasteiger partial charge in [-0.1, -0.05) is 30.3 Å². The average molecular weight is 444 g/mol. The maximum absolute atomic E-state index is 12.9. The van der Waals surface area contributed by atoms with E-state index in [9.17, 15) is 18.0 Å². The van der Waals surface area contributed by atoms with Gasteiger partial charge in [0, 0.05) is 42.9 Å². The summed E-state index contributed by atoms with van der Waals surface area (Å²) in [5.41, 5.74) is 1.39. The number of aliphatic carboxylic acids is 2. The summed E-state index contributed by atoms with van der Waals surface area (Å²) in [6.07, 6.45) is 5.53. The van der Waals surface area contributed by atoms with E-state index in [0.29, 0.717) is 30.2 Å². The van der Waals surface area contributed by atoms with Gasteiger partial charge in [-0.05, 0) is 19.2 Å². The second kappa shape index (κ2) is 10.8. The molecule has 10 nitrogen and oxygen atoms in total. The minimum absolute atomic E-state index is 0.130. The van der Waals surface area contributed by atoms with Gasteiger partial charge in [0.1, 0.15) is 4.90 Å². The van der Waals surface area contributed by atoms with Gasteiger partial charge in [-0.25, -0.2) is 27.0 Å². The number of carbonyl (C=O) groups is 2. The first-order chi connectivity index (χ1) is 14.8. The first-order valence-electron chi connectivity index (χ1n) is 8.83. The molecule has 11 heteroatoms. The number of carboxylic acid groups (broad SMARTS) is 2. The van der Waals surface area contributed by atoms with E-state index in [1.165, 1.54) is 22.4 Å². The highest BCUT2D eigenvalue weighted by Gasteiger charge is 2.23. The zero-order chi connectivity index (χ0) is 22.9. The van der Waals surface area contributed by atoms with Crippen molar-refractivity contribution in [3.05, 3.63) is 78.9 Å². The molecule has 2 aromatic heterocycles. The summed E-state index contributed by atoms with van der Waals surface area (Å²) in [5.74, 6) is -2.13. The highest BCUT2D eigenvalue weighted by atomic mass is 32.2. The Morgan fingerprint density at radius 1 is 1.06 bits per heavy atom. The Labute approximate surface area is 178 Å². The molecule has 0 aliphatic heterocycles. The number of carboxylic acids is 2. The van der Waals surface area contributed by atoms with Crippen LogP contribution in [0.4, 0.5) is 0 Å².